The van der Waals surface area contributed by atoms with Crippen molar-refractivity contribution in [1.82, 2.24) is 15.2 Å². The number of amides is 1. The standard InChI is InChI=1S/C13H21N3OS/c1-9(2)6-12-15-11(8-18-12)13(17)16-5-4-14-10(3)7-16/h8-10,14H,4-7H2,1-3H3. The van der Waals surface area contributed by atoms with Crippen molar-refractivity contribution in [1.29, 1.82) is 0 Å². The zero-order valence-electron chi connectivity index (χ0n) is 11.3. The van der Waals surface area contributed by atoms with Crippen LogP contribution in [0.5, 0.6) is 0 Å². The Balaban J connectivity index is 2.02. The fraction of sp³-hybridized carbons (Fsp3) is 0.692. The molecule has 18 heavy (non-hydrogen) atoms. The van der Waals surface area contributed by atoms with E-state index in [4.69, 9.17) is 0 Å². The lowest BCUT2D eigenvalue weighted by molar-refractivity contribution is 0.0703. The minimum atomic E-state index is 0.0783. The minimum Gasteiger partial charge on any atom is -0.334 e. The van der Waals surface area contributed by atoms with Crippen LogP contribution in [0.4, 0.5) is 0 Å². The van der Waals surface area contributed by atoms with Crippen LogP contribution in [-0.2, 0) is 6.42 Å². The van der Waals surface area contributed by atoms with Crippen LogP contribution in [0, 0.1) is 5.92 Å². The number of piperazine rings is 1. The number of carbonyl (C=O) groups is 1. The largest absolute Gasteiger partial charge is 0.334 e. The normalized spacial score (nSPS) is 20.4. The van der Waals surface area contributed by atoms with E-state index in [2.05, 4.69) is 31.1 Å². The second-order valence-corrected chi connectivity index (χ2v) is 6.27. The van der Waals surface area contributed by atoms with Crippen molar-refractivity contribution in [3.8, 4) is 0 Å². The number of thiazole rings is 1. The molecular weight excluding hydrogens is 246 g/mol. The third-order valence-corrected chi connectivity index (χ3v) is 3.88. The van der Waals surface area contributed by atoms with Crippen LogP contribution in [0.3, 0.4) is 0 Å². The van der Waals surface area contributed by atoms with Crippen LogP contribution in [0.15, 0.2) is 5.38 Å². The highest BCUT2D eigenvalue weighted by Crippen LogP contribution is 2.16. The van der Waals surface area contributed by atoms with Gasteiger partial charge in [0.05, 0.1) is 5.01 Å². The Labute approximate surface area is 112 Å². The summed E-state index contributed by atoms with van der Waals surface area (Å²) in [5.74, 6) is 0.660. The molecule has 0 bridgehead atoms. The molecule has 1 fully saturated rings. The van der Waals surface area contributed by atoms with Crippen LogP contribution in [0.2, 0.25) is 0 Å². The smallest absolute Gasteiger partial charge is 0.273 e. The molecule has 4 nitrogen and oxygen atoms in total. The molecule has 1 aliphatic heterocycles. The average molecular weight is 267 g/mol. The molecule has 0 saturated carbocycles. The van der Waals surface area contributed by atoms with Crippen LogP contribution in [0.1, 0.15) is 36.3 Å². The van der Waals surface area contributed by atoms with Gasteiger partial charge in [0, 0.05) is 37.5 Å². The molecule has 1 saturated heterocycles. The zero-order chi connectivity index (χ0) is 13.1. The first-order valence-electron chi connectivity index (χ1n) is 6.53. The first kappa shape index (κ1) is 13.5. The molecule has 1 unspecified atom stereocenters. The Morgan fingerprint density at radius 1 is 1.67 bits per heavy atom. The molecule has 0 aromatic carbocycles. The van der Waals surface area contributed by atoms with E-state index in [-0.39, 0.29) is 5.91 Å². The summed E-state index contributed by atoms with van der Waals surface area (Å²) in [6.07, 6.45) is 0.954. The van der Waals surface area contributed by atoms with Gasteiger partial charge in [-0.05, 0) is 12.8 Å². The number of carbonyl (C=O) groups excluding carboxylic acids is 1. The number of hydrogen-bond acceptors (Lipinski definition) is 4. The van der Waals surface area contributed by atoms with Crippen molar-refractivity contribution < 1.29 is 4.79 Å². The lowest BCUT2D eigenvalue weighted by atomic mass is 10.1. The van der Waals surface area contributed by atoms with Gasteiger partial charge in [0.1, 0.15) is 5.69 Å². The van der Waals surface area contributed by atoms with Gasteiger partial charge < -0.3 is 10.2 Å². The molecule has 1 N–H and O–H groups in total. The van der Waals surface area contributed by atoms with Gasteiger partial charge in [0.2, 0.25) is 0 Å². The van der Waals surface area contributed by atoms with Crippen LogP contribution in [-0.4, -0.2) is 41.5 Å². The molecular formula is C13H21N3OS. The van der Waals surface area contributed by atoms with Gasteiger partial charge >= 0.3 is 0 Å². The zero-order valence-corrected chi connectivity index (χ0v) is 12.1. The molecule has 5 heteroatoms. The van der Waals surface area contributed by atoms with E-state index in [0.29, 0.717) is 17.7 Å². The van der Waals surface area contributed by atoms with Crippen molar-refractivity contribution >= 4 is 17.2 Å². The van der Waals surface area contributed by atoms with Crippen molar-refractivity contribution in [3.05, 3.63) is 16.1 Å². The second-order valence-electron chi connectivity index (χ2n) is 5.33. The van der Waals surface area contributed by atoms with E-state index in [0.717, 1.165) is 31.1 Å². The van der Waals surface area contributed by atoms with Gasteiger partial charge in [0.15, 0.2) is 0 Å². The molecule has 0 radical (unpaired) electrons. The first-order valence-corrected chi connectivity index (χ1v) is 7.41. The average Bonchev–Trinajstić information content (AvgIpc) is 2.75. The maximum Gasteiger partial charge on any atom is 0.273 e. The lowest BCUT2D eigenvalue weighted by Crippen LogP contribution is -2.51. The molecule has 0 spiro atoms. The van der Waals surface area contributed by atoms with E-state index in [1.54, 1.807) is 11.3 Å². The van der Waals surface area contributed by atoms with E-state index >= 15 is 0 Å². The summed E-state index contributed by atoms with van der Waals surface area (Å²) in [5, 5.41) is 6.30. The van der Waals surface area contributed by atoms with Gasteiger partial charge in [-0.15, -0.1) is 11.3 Å². The summed E-state index contributed by atoms with van der Waals surface area (Å²) in [5.41, 5.74) is 0.616. The predicted octanol–water partition coefficient (Wildman–Crippen LogP) is 1.78. The highest BCUT2D eigenvalue weighted by molar-refractivity contribution is 7.09. The first-order chi connectivity index (χ1) is 8.56. The number of aromatic nitrogens is 1. The molecule has 0 aliphatic carbocycles. The summed E-state index contributed by atoms with van der Waals surface area (Å²) in [6, 6.07) is 0.372. The molecule has 1 aliphatic rings. The Kier molecular flexibility index (Phi) is 4.35. The fourth-order valence-electron chi connectivity index (χ4n) is 2.13. The van der Waals surface area contributed by atoms with Gasteiger partial charge in [-0.2, -0.15) is 0 Å². The van der Waals surface area contributed by atoms with Crippen molar-refractivity contribution in [2.45, 2.75) is 33.2 Å². The van der Waals surface area contributed by atoms with Crippen LogP contribution >= 0.6 is 11.3 Å². The molecule has 1 aromatic heterocycles. The van der Waals surface area contributed by atoms with Crippen molar-refractivity contribution in [2.75, 3.05) is 19.6 Å². The van der Waals surface area contributed by atoms with Gasteiger partial charge in [-0.3, -0.25) is 4.79 Å². The monoisotopic (exact) mass is 267 g/mol. The highest BCUT2D eigenvalue weighted by atomic mass is 32.1. The summed E-state index contributed by atoms with van der Waals surface area (Å²) in [6.45, 7) is 8.86. The number of nitrogens with one attached hydrogen (secondary N) is 1. The van der Waals surface area contributed by atoms with E-state index in [9.17, 15) is 4.79 Å². The summed E-state index contributed by atoms with van der Waals surface area (Å²) < 4.78 is 0. The summed E-state index contributed by atoms with van der Waals surface area (Å²) in [7, 11) is 0. The second kappa shape index (κ2) is 5.80. The molecule has 100 valence electrons. The summed E-state index contributed by atoms with van der Waals surface area (Å²) in [4.78, 5) is 18.6. The predicted molar refractivity (Wildman–Crippen MR) is 74.0 cm³/mol. The van der Waals surface area contributed by atoms with E-state index in [1.807, 2.05) is 10.3 Å². The SMILES string of the molecule is CC(C)Cc1nc(C(=O)N2CCNC(C)C2)cs1. The van der Waals surface area contributed by atoms with Gasteiger partial charge in [-0.25, -0.2) is 4.98 Å². The third kappa shape index (κ3) is 3.29. The maximum atomic E-state index is 12.3. The molecule has 2 heterocycles. The van der Waals surface area contributed by atoms with E-state index in [1.165, 1.54) is 0 Å². The summed E-state index contributed by atoms with van der Waals surface area (Å²) >= 11 is 1.60. The Morgan fingerprint density at radius 3 is 3.11 bits per heavy atom. The van der Waals surface area contributed by atoms with Crippen molar-refractivity contribution in [3.63, 3.8) is 0 Å². The lowest BCUT2D eigenvalue weighted by Gasteiger charge is -2.31. The minimum absolute atomic E-state index is 0.0783. The number of nitrogens with zero attached hydrogens (tertiary/aromatic N) is 2. The van der Waals surface area contributed by atoms with Gasteiger partial charge in [0.25, 0.3) is 5.91 Å². The van der Waals surface area contributed by atoms with Gasteiger partial charge in [-0.1, -0.05) is 13.8 Å². The number of rotatable bonds is 3. The Hall–Kier alpha value is -0.940. The van der Waals surface area contributed by atoms with Crippen LogP contribution in [0.25, 0.3) is 0 Å². The van der Waals surface area contributed by atoms with E-state index < -0.39 is 0 Å². The molecule has 1 amide bonds. The molecule has 1 atom stereocenters. The highest BCUT2D eigenvalue weighted by Gasteiger charge is 2.23. The number of hydrogen-bond donors (Lipinski definition) is 1. The fourth-order valence-corrected chi connectivity index (χ4v) is 3.11. The molecule has 2 rings (SSSR count). The Bertz CT molecular complexity index is 416. The van der Waals surface area contributed by atoms with Crippen molar-refractivity contribution in [2.24, 2.45) is 5.92 Å². The Morgan fingerprint density at radius 2 is 2.44 bits per heavy atom. The third-order valence-electron chi connectivity index (χ3n) is 3.01. The topological polar surface area (TPSA) is 45.2 Å². The quantitative estimate of drug-likeness (QED) is 0.908. The van der Waals surface area contributed by atoms with Crippen LogP contribution < -0.4 is 5.32 Å². The maximum absolute atomic E-state index is 12.3. The molecule has 1 aromatic rings.